The van der Waals surface area contributed by atoms with E-state index in [9.17, 15) is 19.5 Å². The number of fused-ring (bicyclic) bond motifs is 2. The molecule has 10 heteroatoms. The first-order chi connectivity index (χ1) is 23.1. The molecule has 3 aromatic rings. The van der Waals surface area contributed by atoms with Crippen LogP contribution in [0.5, 0.6) is 5.75 Å². The molecule has 0 aliphatic carbocycles. The van der Waals surface area contributed by atoms with Crippen molar-refractivity contribution in [2.75, 3.05) is 43.2 Å². The Balaban J connectivity index is 1.44. The van der Waals surface area contributed by atoms with E-state index in [-0.39, 0.29) is 48.8 Å². The predicted molar refractivity (Wildman–Crippen MR) is 189 cm³/mol. The molecular formula is C38H45N3O6Si. The largest absolute Gasteiger partial charge is 0.497 e. The number of amides is 3. The molecule has 3 aliphatic heterocycles. The third-order valence-corrected chi connectivity index (χ3v) is 15.0. The van der Waals surface area contributed by atoms with Crippen LogP contribution in [-0.4, -0.2) is 75.3 Å². The normalized spacial score (nSPS) is 23.3. The Labute approximate surface area is 283 Å². The molecule has 3 aromatic carbocycles. The van der Waals surface area contributed by atoms with Crippen molar-refractivity contribution < 1.29 is 29.0 Å². The van der Waals surface area contributed by atoms with E-state index < -0.39 is 19.8 Å². The average molecular weight is 668 g/mol. The highest BCUT2D eigenvalue weighted by Crippen LogP contribution is 2.60. The van der Waals surface area contributed by atoms with E-state index in [2.05, 4.69) is 38.7 Å². The minimum Gasteiger partial charge on any atom is -0.497 e. The van der Waals surface area contributed by atoms with E-state index in [1.807, 2.05) is 60.7 Å². The lowest BCUT2D eigenvalue weighted by Crippen LogP contribution is -2.52. The molecule has 6 rings (SSSR count). The maximum absolute atomic E-state index is 14.8. The second-order valence-electron chi connectivity index (χ2n) is 13.6. The molecule has 4 atom stereocenters. The van der Waals surface area contributed by atoms with Crippen molar-refractivity contribution in [1.29, 1.82) is 0 Å². The van der Waals surface area contributed by atoms with Crippen LogP contribution in [-0.2, 0) is 31.3 Å². The van der Waals surface area contributed by atoms with Crippen molar-refractivity contribution in [3.05, 3.63) is 96.6 Å². The summed E-state index contributed by atoms with van der Waals surface area (Å²) in [5.74, 6) is 0.195. The fourth-order valence-electron chi connectivity index (χ4n) is 8.09. The fourth-order valence-corrected chi connectivity index (χ4v) is 12.1. The van der Waals surface area contributed by atoms with Crippen LogP contribution in [0.1, 0.15) is 30.9 Å². The minimum atomic E-state index is -2.49. The Morgan fingerprint density at radius 1 is 1.12 bits per heavy atom. The summed E-state index contributed by atoms with van der Waals surface area (Å²) in [6.07, 6.45) is 1.68. The van der Waals surface area contributed by atoms with Gasteiger partial charge in [0.05, 0.1) is 40.0 Å². The van der Waals surface area contributed by atoms with Crippen LogP contribution >= 0.6 is 0 Å². The number of anilines is 2. The zero-order chi connectivity index (χ0) is 34.2. The summed E-state index contributed by atoms with van der Waals surface area (Å²) in [5.41, 5.74) is 1.69. The Kier molecular flexibility index (Phi) is 9.35. The molecule has 2 fully saturated rings. The first-order valence-electron chi connectivity index (χ1n) is 16.7. The van der Waals surface area contributed by atoms with Gasteiger partial charge in [-0.2, -0.15) is 0 Å². The summed E-state index contributed by atoms with van der Waals surface area (Å²) in [7, 11) is -0.843. The van der Waals surface area contributed by atoms with Gasteiger partial charge < -0.3 is 29.3 Å². The molecular weight excluding hydrogens is 623 g/mol. The van der Waals surface area contributed by atoms with E-state index in [1.165, 1.54) is 5.19 Å². The SMILES string of the molecule is C=CCN1C(=O)[C@@]2(O[C@@H](CC(=O)N(CCO)Cc3ccccc3)[C@H]([Si](C)(C)c3ccc(OC)cc3)[C@H]2C)c2cc(N3CCC3=O)ccc21. The zero-order valence-corrected chi connectivity index (χ0v) is 29.2. The van der Waals surface area contributed by atoms with Gasteiger partial charge in [0.1, 0.15) is 5.75 Å². The second-order valence-corrected chi connectivity index (χ2v) is 18.3. The molecule has 0 bridgehead atoms. The van der Waals surface area contributed by atoms with E-state index in [4.69, 9.17) is 9.47 Å². The van der Waals surface area contributed by atoms with Gasteiger partial charge in [0.25, 0.3) is 5.91 Å². The first-order valence-corrected chi connectivity index (χ1v) is 19.8. The summed E-state index contributed by atoms with van der Waals surface area (Å²) >= 11 is 0. The van der Waals surface area contributed by atoms with Crippen molar-refractivity contribution in [3.63, 3.8) is 0 Å². The Morgan fingerprint density at radius 3 is 2.46 bits per heavy atom. The monoisotopic (exact) mass is 667 g/mol. The number of aliphatic hydroxyl groups excluding tert-OH is 1. The smallest absolute Gasteiger partial charge is 0.264 e. The number of benzene rings is 3. The average Bonchev–Trinajstić information content (AvgIpc) is 3.50. The lowest BCUT2D eigenvalue weighted by atomic mass is 9.82. The fraction of sp³-hybridized carbons (Fsp3) is 0.395. The second kappa shape index (κ2) is 13.3. The quantitative estimate of drug-likeness (QED) is 0.172. The maximum atomic E-state index is 14.8. The number of aliphatic hydroxyl groups is 1. The van der Waals surface area contributed by atoms with Gasteiger partial charge in [-0.1, -0.05) is 73.7 Å². The summed E-state index contributed by atoms with van der Waals surface area (Å²) in [6.45, 7) is 11.9. The molecule has 0 radical (unpaired) electrons. The molecule has 0 saturated carbocycles. The molecule has 9 nitrogen and oxygen atoms in total. The number of nitrogens with zero attached hydrogens (tertiary/aromatic N) is 3. The number of methoxy groups -OCH3 is 1. The van der Waals surface area contributed by atoms with Crippen LogP contribution in [0, 0.1) is 5.92 Å². The number of ether oxygens (including phenoxy) is 2. The van der Waals surface area contributed by atoms with Crippen molar-refractivity contribution in [2.45, 2.75) is 56.7 Å². The number of carbonyl (C=O) groups is 3. The molecule has 252 valence electrons. The van der Waals surface area contributed by atoms with Crippen molar-refractivity contribution in [3.8, 4) is 5.75 Å². The topological polar surface area (TPSA) is 99.6 Å². The van der Waals surface area contributed by atoms with Gasteiger partial charge in [-0.25, -0.2) is 0 Å². The Bertz CT molecular complexity index is 1700. The molecule has 48 heavy (non-hydrogen) atoms. The molecule has 2 saturated heterocycles. The van der Waals surface area contributed by atoms with Gasteiger partial charge >= 0.3 is 0 Å². The van der Waals surface area contributed by atoms with E-state index >= 15 is 0 Å². The zero-order valence-electron chi connectivity index (χ0n) is 28.2. The maximum Gasteiger partial charge on any atom is 0.264 e. The molecule has 0 aromatic heterocycles. The number of carbonyl (C=O) groups excluding carboxylic acids is 3. The number of rotatable bonds is 12. The standard InChI is InChI=1S/C38H45N3O6Si/c1-6-19-41-32-17-12-28(40-20-18-34(40)43)23-31(32)38(37(41)45)26(2)36(48(4,5)30-15-13-29(46-3)14-16-30)33(47-38)24-35(44)39(21-22-42)25-27-10-8-7-9-11-27/h6-17,23,26,33,36,42H,1,18-22,24-25H2,2-5H3/t26-,33+,36-,38+/m1/s1. The lowest BCUT2D eigenvalue weighted by molar-refractivity contribution is -0.149. The van der Waals surface area contributed by atoms with Crippen LogP contribution < -0.4 is 19.7 Å². The Morgan fingerprint density at radius 2 is 1.85 bits per heavy atom. The van der Waals surface area contributed by atoms with Gasteiger partial charge in [0, 0.05) is 49.8 Å². The van der Waals surface area contributed by atoms with Gasteiger partial charge in [0.2, 0.25) is 11.8 Å². The lowest BCUT2D eigenvalue weighted by Gasteiger charge is -2.37. The molecule has 3 heterocycles. The van der Waals surface area contributed by atoms with Crippen LogP contribution in [0.2, 0.25) is 18.6 Å². The van der Waals surface area contributed by atoms with Crippen LogP contribution in [0.25, 0.3) is 0 Å². The molecule has 1 N–H and O–H groups in total. The van der Waals surface area contributed by atoms with Gasteiger partial charge in [-0.15, -0.1) is 6.58 Å². The summed E-state index contributed by atoms with van der Waals surface area (Å²) < 4.78 is 12.6. The Hall–Kier alpha value is -4.25. The molecule has 3 aliphatic rings. The van der Waals surface area contributed by atoms with Crippen LogP contribution in [0.3, 0.4) is 0 Å². The highest BCUT2D eigenvalue weighted by Gasteiger charge is 2.66. The summed E-state index contributed by atoms with van der Waals surface area (Å²) in [5, 5.41) is 11.1. The van der Waals surface area contributed by atoms with E-state index in [0.717, 1.165) is 28.3 Å². The van der Waals surface area contributed by atoms with E-state index in [0.29, 0.717) is 26.1 Å². The molecule has 0 unspecified atom stereocenters. The summed E-state index contributed by atoms with van der Waals surface area (Å²) in [4.78, 5) is 46.6. The van der Waals surface area contributed by atoms with Crippen molar-refractivity contribution in [1.82, 2.24) is 4.90 Å². The van der Waals surface area contributed by atoms with Gasteiger partial charge in [-0.3, -0.25) is 14.4 Å². The number of β-lactam (4-membered cyclic amide) rings is 1. The third-order valence-electron chi connectivity index (χ3n) is 10.6. The number of hydrogen-bond acceptors (Lipinski definition) is 6. The first kappa shape index (κ1) is 33.6. The van der Waals surface area contributed by atoms with Crippen LogP contribution in [0.4, 0.5) is 11.4 Å². The molecule has 3 amide bonds. The van der Waals surface area contributed by atoms with Crippen molar-refractivity contribution in [2.24, 2.45) is 5.92 Å². The predicted octanol–water partition coefficient (Wildman–Crippen LogP) is 4.59. The van der Waals surface area contributed by atoms with Gasteiger partial charge in [-0.05, 0) is 41.4 Å². The van der Waals surface area contributed by atoms with Crippen LogP contribution in [0.15, 0.2) is 85.5 Å². The van der Waals surface area contributed by atoms with E-state index in [1.54, 1.807) is 27.9 Å². The van der Waals surface area contributed by atoms with Gasteiger partial charge in [0.15, 0.2) is 5.60 Å². The van der Waals surface area contributed by atoms with Crippen molar-refractivity contribution >= 4 is 42.4 Å². The highest BCUT2D eigenvalue weighted by molar-refractivity contribution is 6.91. The minimum absolute atomic E-state index is 0.0495. The summed E-state index contributed by atoms with van der Waals surface area (Å²) in [6, 6.07) is 23.6. The highest BCUT2D eigenvalue weighted by atomic mass is 28.3. The number of hydrogen-bond donors (Lipinski definition) is 1. The molecule has 1 spiro atoms. The third kappa shape index (κ3) is 5.65.